The number of nitrogens with zero attached hydrogens (tertiary/aromatic N) is 3. The van der Waals surface area contributed by atoms with Crippen molar-refractivity contribution in [1.29, 1.82) is 0 Å². The van der Waals surface area contributed by atoms with E-state index in [4.69, 9.17) is 0 Å². The van der Waals surface area contributed by atoms with Gasteiger partial charge in [-0.15, -0.1) is 0 Å². The first-order chi connectivity index (χ1) is 12.8. The first-order valence-electron chi connectivity index (χ1n) is 8.93. The molecule has 1 aromatic carbocycles. The number of amides is 1. The molecule has 0 saturated carbocycles. The molecule has 1 saturated heterocycles. The Morgan fingerprint density at radius 1 is 1.04 bits per heavy atom. The summed E-state index contributed by atoms with van der Waals surface area (Å²) in [4.78, 5) is 20.8. The highest BCUT2D eigenvalue weighted by Gasteiger charge is 2.30. The highest BCUT2D eigenvalue weighted by Crippen LogP contribution is 2.29. The molecule has 2 heterocycles. The maximum absolute atomic E-state index is 12.7. The molecular weight excluding hydrogens is 355 g/mol. The number of hydrogen-bond acceptors (Lipinski definition) is 3. The van der Waals surface area contributed by atoms with Crippen molar-refractivity contribution in [2.75, 3.05) is 26.2 Å². The number of rotatable bonds is 3. The molecule has 1 aliphatic rings. The summed E-state index contributed by atoms with van der Waals surface area (Å²) < 4.78 is 38.0. The van der Waals surface area contributed by atoms with Crippen molar-refractivity contribution in [3.05, 3.63) is 65.0 Å². The summed E-state index contributed by atoms with van der Waals surface area (Å²) in [5.74, 6) is -0.0288. The maximum Gasteiger partial charge on any atom is 0.416 e. The molecule has 3 rings (SSSR count). The first-order valence-corrected chi connectivity index (χ1v) is 8.93. The van der Waals surface area contributed by atoms with E-state index in [0.717, 1.165) is 36.4 Å². The third-order valence-electron chi connectivity index (χ3n) is 4.72. The Kier molecular flexibility index (Phi) is 5.79. The molecule has 1 fully saturated rings. The maximum atomic E-state index is 12.7. The Labute approximate surface area is 156 Å². The molecule has 1 aromatic heterocycles. The van der Waals surface area contributed by atoms with Gasteiger partial charge >= 0.3 is 6.18 Å². The summed E-state index contributed by atoms with van der Waals surface area (Å²) in [6, 6.07) is 8.89. The van der Waals surface area contributed by atoms with Crippen molar-refractivity contribution >= 4 is 5.91 Å². The summed E-state index contributed by atoms with van der Waals surface area (Å²) in [5.41, 5.74) is 1.65. The standard InChI is InChI=1S/C20H22F3N3O/c1-15-3-6-17(13-24-15)19(27)26-10-2-9-25(11-12-26)14-16-4-7-18(8-5-16)20(21,22)23/h3-8,13H,2,9-12,14H2,1H3. The number of benzene rings is 1. The van der Waals surface area contributed by atoms with Gasteiger partial charge in [-0.3, -0.25) is 14.7 Å². The summed E-state index contributed by atoms with van der Waals surface area (Å²) >= 11 is 0. The monoisotopic (exact) mass is 377 g/mol. The second-order valence-corrected chi connectivity index (χ2v) is 6.80. The van der Waals surface area contributed by atoms with E-state index in [0.29, 0.717) is 31.7 Å². The SMILES string of the molecule is Cc1ccc(C(=O)N2CCCN(Cc3ccc(C(F)(F)F)cc3)CC2)cn1. The van der Waals surface area contributed by atoms with E-state index in [2.05, 4.69) is 9.88 Å². The van der Waals surface area contributed by atoms with E-state index >= 15 is 0 Å². The van der Waals surface area contributed by atoms with Crippen molar-refractivity contribution in [2.24, 2.45) is 0 Å². The number of pyridine rings is 1. The number of halogens is 3. The van der Waals surface area contributed by atoms with Gasteiger partial charge in [-0.2, -0.15) is 13.2 Å². The van der Waals surface area contributed by atoms with Gasteiger partial charge in [-0.1, -0.05) is 12.1 Å². The third kappa shape index (κ3) is 5.07. The van der Waals surface area contributed by atoms with Crippen LogP contribution >= 0.6 is 0 Å². The van der Waals surface area contributed by atoms with Crippen LogP contribution < -0.4 is 0 Å². The number of carbonyl (C=O) groups excluding carboxylic acids is 1. The molecule has 0 spiro atoms. The summed E-state index contributed by atoms with van der Waals surface area (Å²) in [5, 5.41) is 0. The molecule has 1 amide bonds. The largest absolute Gasteiger partial charge is 0.416 e. The zero-order chi connectivity index (χ0) is 19.4. The zero-order valence-electron chi connectivity index (χ0n) is 15.2. The predicted molar refractivity (Wildman–Crippen MR) is 96.2 cm³/mol. The second kappa shape index (κ2) is 8.08. The normalized spacial score (nSPS) is 16.2. The van der Waals surface area contributed by atoms with Crippen molar-refractivity contribution in [1.82, 2.24) is 14.8 Å². The van der Waals surface area contributed by atoms with Gasteiger partial charge < -0.3 is 4.90 Å². The van der Waals surface area contributed by atoms with Gasteiger partial charge in [0.15, 0.2) is 0 Å². The van der Waals surface area contributed by atoms with Gasteiger partial charge in [0, 0.05) is 44.6 Å². The minimum absolute atomic E-state index is 0.0288. The van der Waals surface area contributed by atoms with Crippen LogP contribution in [-0.4, -0.2) is 46.9 Å². The molecular formula is C20H22F3N3O. The van der Waals surface area contributed by atoms with Gasteiger partial charge in [0.25, 0.3) is 5.91 Å². The van der Waals surface area contributed by atoms with E-state index in [1.165, 1.54) is 12.1 Å². The van der Waals surface area contributed by atoms with Gasteiger partial charge in [-0.25, -0.2) is 0 Å². The lowest BCUT2D eigenvalue weighted by molar-refractivity contribution is -0.137. The van der Waals surface area contributed by atoms with E-state index in [9.17, 15) is 18.0 Å². The van der Waals surface area contributed by atoms with Crippen LogP contribution in [0.5, 0.6) is 0 Å². The molecule has 0 radical (unpaired) electrons. The van der Waals surface area contributed by atoms with Crippen LogP contribution in [0.3, 0.4) is 0 Å². The van der Waals surface area contributed by atoms with Gasteiger partial charge in [0.05, 0.1) is 11.1 Å². The lowest BCUT2D eigenvalue weighted by Gasteiger charge is -2.22. The Balaban J connectivity index is 1.58. The molecule has 27 heavy (non-hydrogen) atoms. The van der Waals surface area contributed by atoms with Crippen LogP contribution in [-0.2, 0) is 12.7 Å². The van der Waals surface area contributed by atoms with Crippen molar-refractivity contribution in [3.8, 4) is 0 Å². The highest BCUT2D eigenvalue weighted by molar-refractivity contribution is 5.93. The number of carbonyl (C=O) groups is 1. The quantitative estimate of drug-likeness (QED) is 0.817. The summed E-state index contributed by atoms with van der Waals surface area (Å²) in [6.45, 7) is 5.19. The Morgan fingerprint density at radius 3 is 2.41 bits per heavy atom. The van der Waals surface area contributed by atoms with Gasteiger partial charge in [-0.05, 0) is 43.2 Å². The molecule has 4 nitrogen and oxygen atoms in total. The lowest BCUT2D eigenvalue weighted by Crippen LogP contribution is -2.35. The first kappa shape index (κ1) is 19.4. The van der Waals surface area contributed by atoms with Crippen LogP contribution in [0.25, 0.3) is 0 Å². The molecule has 0 N–H and O–H groups in total. The summed E-state index contributed by atoms with van der Waals surface area (Å²) in [6.07, 6.45) is -1.89. The molecule has 1 aliphatic heterocycles. The molecule has 0 unspecified atom stereocenters. The van der Waals surface area contributed by atoms with Crippen LogP contribution in [0, 0.1) is 6.92 Å². The zero-order valence-corrected chi connectivity index (χ0v) is 15.2. The molecule has 0 aliphatic carbocycles. The second-order valence-electron chi connectivity index (χ2n) is 6.80. The average molecular weight is 377 g/mol. The third-order valence-corrected chi connectivity index (χ3v) is 4.72. The van der Waals surface area contributed by atoms with Crippen LogP contribution in [0.15, 0.2) is 42.6 Å². The van der Waals surface area contributed by atoms with Crippen LogP contribution in [0.4, 0.5) is 13.2 Å². The van der Waals surface area contributed by atoms with Gasteiger partial charge in [0.2, 0.25) is 0 Å². The fourth-order valence-electron chi connectivity index (χ4n) is 3.17. The van der Waals surface area contributed by atoms with Crippen molar-refractivity contribution < 1.29 is 18.0 Å². The van der Waals surface area contributed by atoms with Crippen molar-refractivity contribution in [2.45, 2.75) is 26.1 Å². The van der Waals surface area contributed by atoms with E-state index < -0.39 is 11.7 Å². The number of aromatic nitrogens is 1. The fraction of sp³-hybridized carbons (Fsp3) is 0.400. The van der Waals surface area contributed by atoms with Crippen LogP contribution in [0.2, 0.25) is 0 Å². The smallest absolute Gasteiger partial charge is 0.337 e. The fourth-order valence-corrected chi connectivity index (χ4v) is 3.17. The lowest BCUT2D eigenvalue weighted by atomic mass is 10.1. The minimum Gasteiger partial charge on any atom is -0.337 e. The number of aryl methyl sites for hydroxylation is 1. The minimum atomic E-state index is -4.31. The Morgan fingerprint density at radius 2 is 1.78 bits per heavy atom. The van der Waals surface area contributed by atoms with Gasteiger partial charge in [0.1, 0.15) is 0 Å². The Bertz CT molecular complexity index is 773. The van der Waals surface area contributed by atoms with Crippen molar-refractivity contribution in [3.63, 3.8) is 0 Å². The highest BCUT2D eigenvalue weighted by atomic mass is 19.4. The number of hydrogen-bond donors (Lipinski definition) is 0. The van der Waals surface area contributed by atoms with Crippen LogP contribution in [0.1, 0.15) is 33.6 Å². The molecule has 7 heteroatoms. The van der Waals surface area contributed by atoms with E-state index in [1.54, 1.807) is 12.3 Å². The predicted octanol–water partition coefficient (Wildman–Crippen LogP) is 3.76. The molecule has 144 valence electrons. The molecule has 2 aromatic rings. The molecule has 0 bridgehead atoms. The Hall–Kier alpha value is -2.41. The average Bonchev–Trinajstić information content (AvgIpc) is 2.87. The topological polar surface area (TPSA) is 36.4 Å². The molecule has 0 atom stereocenters. The summed E-state index contributed by atoms with van der Waals surface area (Å²) in [7, 11) is 0. The van der Waals surface area contributed by atoms with E-state index in [1.807, 2.05) is 17.9 Å². The number of alkyl halides is 3. The van der Waals surface area contributed by atoms with E-state index in [-0.39, 0.29) is 5.91 Å².